The number of aryl methyl sites for hydroxylation is 1. The average molecular weight is 229 g/mol. The molecule has 0 saturated heterocycles. The molecule has 0 bridgehead atoms. The van der Waals surface area contributed by atoms with Crippen molar-refractivity contribution in [3.05, 3.63) is 5.01 Å². The van der Waals surface area contributed by atoms with Crippen LogP contribution in [0.4, 0.5) is 5.13 Å². The third-order valence-corrected chi connectivity index (χ3v) is 4.44. The molecule has 0 amide bonds. The lowest BCUT2D eigenvalue weighted by atomic mass is 10.3. The molecule has 78 valence electrons. The molecule has 2 rings (SSSR count). The third-order valence-electron chi connectivity index (χ3n) is 2.57. The molecule has 0 aromatic carbocycles. The standard InChI is InChI=1S/C9H15N3S2/c1-6-11-12-9(14-6)10-7-3-4-8(5-7)13-2/h7-8H,3-5H2,1-2H3,(H,10,12). The van der Waals surface area contributed by atoms with Gasteiger partial charge in [-0.2, -0.15) is 11.8 Å². The van der Waals surface area contributed by atoms with Gasteiger partial charge >= 0.3 is 0 Å². The van der Waals surface area contributed by atoms with E-state index in [0.717, 1.165) is 15.4 Å². The van der Waals surface area contributed by atoms with Crippen molar-refractivity contribution in [1.82, 2.24) is 10.2 Å². The molecule has 1 aromatic rings. The number of rotatable bonds is 3. The summed E-state index contributed by atoms with van der Waals surface area (Å²) in [5.41, 5.74) is 0. The Bertz CT molecular complexity index is 300. The van der Waals surface area contributed by atoms with Crippen LogP contribution in [0.25, 0.3) is 0 Å². The summed E-state index contributed by atoms with van der Waals surface area (Å²) < 4.78 is 0. The van der Waals surface area contributed by atoms with Gasteiger partial charge in [0.1, 0.15) is 5.01 Å². The van der Waals surface area contributed by atoms with Crippen LogP contribution in [0.1, 0.15) is 24.3 Å². The van der Waals surface area contributed by atoms with Gasteiger partial charge in [0, 0.05) is 11.3 Å². The predicted octanol–water partition coefficient (Wildman–Crippen LogP) is 2.54. The van der Waals surface area contributed by atoms with Crippen molar-refractivity contribution in [2.45, 2.75) is 37.5 Å². The second-order valence-electron chi connectivity index (χ2n) is 3.64. The van der Waals surface area contributed by atoms with Crippen LogP contribution in [0.3, 0.4) is 0 Å². The zero-order valence-electron chi connectivity index (χ0n) is 8.49. The zero-order chi connectivity index (χ0) is 9.97. The van der Waals surface area contributed by atoms with Gasteiger partial charge in [-0.3, -0.25) is 0 Å². The van der Waals surface area contributed by atoms with Crippen molar-refractivity contribution in [3.8, 4) is 0 Å². The Labute approximate surface area is 92.7 Å². The van der Waals surface area contributed by atoms with Gasteiger partial charge < -0.3 is 5.32 Å². The summed E-state index contributed by atoms with van der Waals surface area (Å²) in [7, 11) is 0. The molecular weight excluding hydrogens is 214 g/mol. The normalized spacial score (nSPS) is 26.7. The number of nitrogens with one attached hydrogen (secondary N) is 1. The van der Waals surface area contributed by atoms with E-state index in [1.54, 1.807) is 11.3 Å². The largest absolute Gasteiger partial charge is 0.357 e. The van der Waals surface area contributed by atoms with Crippen LogP contribution in [0.5, 0.6) is 0 Å². The van der Waals surface area contributed by atoms with Gasteiger partial charge in [-0.25, -0.2) is 0 Å². The molecule has 1 aliphatic carbocycles. The van der Waals surface area contributed by atoms with Crippen LogP contribution >= 0.6 is 23.1 Å². The Morgan fingerprint density at radius 1 is 1.43 bits per heavy atom. The Balaban J connectivity index is 1.87. The van der Waals surface area contributed by atoms with Gasteiger partial charge in [0.2, 0.25) is 5.13 Å². The number of hydrogen-bond donors (Lipinski definition) is 1. The lowest BCUT2D eigenvalue weighted by molar-refractivity contribution is 0.753. The van der Waals surface area contributed by atoms with Gasteiger partial charge in [0.05, 0.1) is 0 Å². The maximum absolute atomic E-state index is 4.08. The smallest absolute Gasteiger partial charge is 0.205 e. The highest BCUT2D eigenvalue weighted by Crippen LogP contribution is 2.30. The predicted molar refractivity (Wildman–Crippen MR) is 63.2 cm³/mol. The lowest BCUT2D eigenvalue weighted by Gasteiger charge is -2.10. The monoisotopic (exact) mass is 229 g/mol. The van der Waals surface area contributed by atoms with Crippen LogP contribution in [0.2, 0.25) is 0 Å². The molecule has 0 spiro atoms. The van der Waals surface area contributed by atoms with E-state index >= 15 is 0 Å². The summed E-state index contributed by atoms with van der Waals surface area (Å²) in [6.07, 6.45) is 6.06. The molecule has 0 radical (unpaired) electrons. The first-order valence-electron chi connectivity index (χ1n) is 4.87. The molecule has 14 heavy (non-hydrogen) atoms. The minimum Gasteiger partial charge on any atom is -0.357 e. The highest BCUT2D eigenvalue weighted by Gasteiger charge is 2.24. The van der Waals surface area contributed by atoms with Crippen molar-refractivity contribution in [3.63, 3.8) is 0 Å². The van der Waals surface area contributed by atoms with Crippen LogP contribution in [0.15, 0.2) is 0 Å². The molecule has 2 unspecified atom stereocenters. The van der Waals surface area contributed by atoms with E-state index in [-0.39, 0.29) is 0 Å². The zero-order valence-corrected chi connectivity index (χ0v) is 10.1. The Hall–Kier alpha value is -0.290. The molecule has 1 aliphatic rings. The second kappa shape index (κ2) is 4.49. The van der Waals surface area contributed by atoms with E-state index in [4.69, 9.17) is 0 Å². The molecular formula is C9H15N3S2. The lowest BCUT2D eigenvalue weighted by Crippen LogP contribution is -2.15. The van der Waals surface area contributed by atoms with E-state index in [1.807, 2.05) is 18.7 Å². The van der Waals surface area contributed by atoms with Crippen molar-refractivity contribution in [1.29, 1.82) is 0 Å². The Morgan fingerprint density at radius 2 is 2.29 bits per heavy atom. The molecule has 1 saturated carbocycles. The molecule has 1 N–H and O–H groups in total. The topological polar surface area (TPSA) is 37.8 Å². The maximum Gasteiger partial charge on any atom is 0.205 e. The Morgan fingerprint density at radius 3 is 2.86 bits per heavy atom. The van der Waals surface area contributed by atoms with E-state index in [9.17, 15) is 0 Å². The number of nitrogens with zero attached hydrogens (tertiary/aromatic N) is 2. The van der Waals surface area contributed by atoms with Gasteiger partial charge in [-0.05, 0) is 32.4 Å². The molecule has 0 aliphatic heterocycles. The van der Waals surface area contributed by atoms with Gasteiger partial charge in [-0.15, -0.1) is 10.2 Å². The number of anilines is 1. The molecule has 3 nitrogen and oxygen atoms in total. The van der Waals surface area contributed by atoms with Crippen LogP contribution in [0, 0.1) is 6.92 Å². The average Bonchev–Trinajstić information content (AvgIpc) is 2.76. The SMILES string of the molecule is CSC1CCC(Nc2nnc(C)s2)C1. The first-order valence-corrected chi connectivity index (χ1v) is 6.98. The summed E-state index contributed by atoms with van der Waals surface area (Å²) in [5, 5.41) is 14.4. The quantitative estimate of drug-likeness (QED) is 0.864. The summed E-state index contributed by atoms with van der Waals surface area (Å²) >= 11 is 3.62. The first-order chi connectivity index (χ1) is 6.78. The van der Waals surface area contributed by atoms with E-state index in [0.29, 0.717) is 6.04 Å². The highest BCUT2D eigenvalue weighted by atomic mass is 32.2. The minimum atomic E-state index is 0.611. The third kappa shape index (κ3) is 2.39. The van der Waals surface area contributed by atoms with Gasteiger partial charge in [0.25, 0.3) is 0 Å². The minimum absolute atomic E-state index is 0.611. The van der Waals surface area contributed by atoms with Crippen molar-refractivity contribution in [2.24, 2.45) is 0 Å². The van der Waals surface area contributed by atoms with Crippen LogP contribution in [-0.2, 0) is 0 Å². The summed E-state index contributed by atoms with van der Waals surface area (Å²) in [5.74, 6) is 0. The fraction of sp³-hybridized carbons (Fsp3) is 0.778. The van der Waals surface area contributed by atoms with Crippen molar-refractivity contribution < 1.29 is 0 Å². The first kappa shape index (κ1) is 10.2. The number of hydrogen-bond acceptors (Lipinski definition) is 5. The molecule has 1 fully saturated rings. The maximum atomic E-state index is 4.08. The fourth-order valence-electron chi connectivity index (χ4n) is 1.81. The summed E-state index contributed by atoms with van der Waals surface area (Å²) in [6.45, 7) is 1.99. The molecule has 5 heteroatoms. The summed E-state index contributed by atoms with van der Waals surface area (Å²) in [4.78, 5) is 0. The molecule has 1 heterocycles. The highest BCUT2D eigenvalue weighted by molar-refractivity contribution is 7.99. The van der Waals surface area contributed by atoms with Gasteiger partial charge in [0.15, 0.2) is 0 Å². The van der Waals surface area contributed by atoms with Crippen molar-refractivity contribution in [2.75, 3.05) is 11.6 Å². The van der Waals surface area contributed by atoms with Crippen LogP contribution < -0.4 is 5.32 Å². The van der Waals surface area contributed by atoms with Gasteiger partial charge in [-0.1, -0.05) is 11.3 Å². The fourth-order valence-corrected chi connectivity index (χ4v) is 3.28. The number of thioether (sulfide) groups is 1. The van der Waals surface area contributed by atoms with E-state index < -0.39 is 0 Å². The molecule has 1 aromatic heterocycles. The van der Waals surface area contributed by atoms with Crippen LogP contribution in [-0.4, -0.2) is 27.7 Å². The van der Waals surface area contributed by atoms with E-state index in [1.165, 1.54) is 19.3 Å². The van der Waals surface area contributed by atoms with Crippen molar-refractivity contribution >= 4 is 28.2 Å². The second-order valence-corrected chi connectivity index (χ2v) is 5.96. The number of aromatic nitrogens is 2. The summed E-state index contributed by atoms with van der Waals surface area (Å²) in [6, 6.07) is 0.611. The Kier molecular flexibility index (Phi) is 3.28. The molecule has 2 atom stereocenters. The van der Waals surface area contributed by atoms with E-state index in [2.05, 4.69) is 21.8 Å².